The van der Waals surface area contributed by atoms with Crippen LogP contribution in [-0.4, -0.2) is 15.9 Å². The minimum Gasteiger partial charge on any atom is -0.167 e. The standard InChI is InChI=1S/C5H12S4/c1-2-3-7-5-9-8-4-6/h6H,2-5H2,1H3. The van der Waals surface area contributed by atoms with E-state index in [0.717, 1.165) is 5.08 Å². The average molecular weight is 200 g/mol. The fourth-order valence-corrected chi connectivity index (χ4v) is 3.81. The lowest BCUT2D eigenvalue weighted by molar-refractivity contribution is 1.11. The van der Waals surface area contributed by atoms with Crippen molar-refractivity contribution in [3.63, 3.8) is 0 Å². The van der Waals surface area contributed by atoms with Gasteiger partial charge in [-0.25, -0.2) is 0 Å². The van der Waals surface area contributed by atoms with Crippen molar-refractivity contribution < 1.29 is 0 Å². The van der Waals surface area contributed by atoms with E-state index in [1.807, 2.05) is 33.3 Å². The maximum Gasteiger partial charge on any atom is 0.0496 e. The Hall–Kier alpha value is 1.40. The molecule has 0 saturated heterocycles. The summed E-state index contributed by atoms with van der Waals surface area (Å²) in [7, 11) is 3.72. The molecule has 0 aromatic heterocycles. The van der Waals surface area contributed by atoms with Crippen LogP contribution in [0.4, 0.5) is 0 Å². The fourth-order valence-electron chi connectivity index (χ4n) is 0.309. The van der Waals surface area contributed by atoms with Crippen molar-refractivity contribution in [3.05, 3.63) is 0 Å². The van der Waals surface area contributed by atoms with Crippen molar-refractivity contribution in [3.8, 4) is 0 Å². The minimum absolute atomic E-state index is 0.928. The van der Waals surface area contributed by atoms with Crippen molar-refractivity contribution in [2.75, 3.05) is 15.9 Å². The summed E-state index contributed by atoms with van der Waals surface area (Å²) in [6.07, 6.45) is 1.29. The summed E-state index contributed by atoms with van der Waals surface area (Å²) in [5.41, 5.74) is 0. The van der Waals surface area contributed by atoms with E-state index in [4.69, 9.17) is 0 Å². The maximum atomic E-state index is 4.08. The van der Waals surface area contributed by atoms with Crippen molar-refractivity contribution in [1.29, 1.82) is 0 Å². The van der Waals surface area contributed by atoms with Gasteiger partial charge in [-0.1, -0.05) is 28.5 Å². The van der Waals surface area contributed by atoms with Gasteiger partial charge in [-0.3, -0.25) is 0 Å². The van der Waals surface area contributed by atoms with Crippen LogP contribution in [0.1, 0.15) is 13.3 Å². The lowest BCUT2D eigenvalue weighted by atomic mass is 10.6. The Labute approximate surface area is 75.1 Å². The van der Waals surface area contributed by atoms with Gasteiger partial charge in [0.2, 0.25) is 0 Å². The van der Waals surface area contributed by atoms with Gasteiger partial charge in [-0.05, 0) is 12.2 Å². The topological polar surface area (TPSA) is 0 Å². The predicted molar refractivity (Wildman–Crippen MR) is 56.7 cm³/mol. The van der Waals surface area contributed by atoms with Crippen molar-refractivity contribution in [2.45, 2.75) is 13.3 Å². The third-order valence-corrected chi connectivity index (χ3v) is 5.27. The lowest BCUT2D eigenvalue weighted by Gasteiger charge is -1.95. The Kier molecular flexibility index (Phi) is 10.9. The summed E-state index contributed by atoms with van der Waals surface area (Å²) < 4.78 is 0. The Balaban J connectivity index is 2.60. The summed E-state index contributed by atoms with van der Waals surface area (Å²) in [5.74, 6) is 1.29. The summed E-state index contributed by atoms with van der Waals surface area (Å²) in [4.78, 5) is 0. The van der Waals surface area contributed by atoms with E-state index in [1.54, 1.807) is 0 Å². The highest BCUT2D eigenvalue weighted by Gasteiger charge is 1.86. The molecule has 0 bridgehead atoms. The molecule has 0 aliphatic heterocycles. The number of rotatable bonds is 6. The normalized spacial score (nSPS) is 10.0. The second-order valence-electron chi connectivity index (χ2n) is 1.39. The first-order valence-corrected chi connectivity index (χ1v) is 7.12. The minimum atomic E-state index is 0.928. The summed E-state index contributed by atoms with van der Waals surface area (Å²) in [6, 6.07) is 0. The first-order valence-electron chi connectivity index (χ1n) is 2.84. The molecule has 0 fully saturated rings. The van der Waals surface area contributed by atoms with E-state index < -0.39 is 0 Å². The molecule has 56 valence electrons. The van der Waals surface area contributed by atoms with E-state index in [-0.39, 0.29) is 0 Å². The zero-order chi connectivity index (χ0) is 6.95. The molecule has 0 aliphatic carbocycles. The van der Waals surface area contributed by atoms with Gasteiger partial charge >= 0.3 is 0 Å². The van der Waals surface area contributed by atoms with E-state index in [9.17, 15) is 0 Å². The average Bonchev–Trinajstić information content (AvgIpc) is 1.89. The van der Waals surface area contributed by atoms with Crippen LogP contribution in [0.2, 0.25) is 0 Å². The lowest BCUT2D eigenvalue weighted by Crippen LogP contribution is -1.72. The number of thiol groups is 1. The van der Waals surface area contributed by atoms with Crippen molar-refractivity contribution in [2.24, 2.45) is 0 Å². The van der Waals surface area contributed by atoms with Gasteiger partial charge in [-0.15, -0.1) is 0 Å². The van der Waals surface area contributed by atoms with Crippen LogP contribution < -0.4 is 0 Å². The molecule has 4 heteroatoms. The third kappa shape index (κ3) is 9.40. The van der Waals surface area contributed by atoms with Gasteiger partial charge in [0.1, 0.15) is 0 Å². The van der Waals surface area contributed by atoms with Crippen LogP contribution in [0, 0.1) is 0 Å². The van der Waals surface area contributed by atoms with Gasteiger partial charge < -0.3 is 0 Å². The number of thioether (sulfide) groups is 1. The van der Waals surface area contributed by atoms with Crippen molar-refractivity contribution >= 4 is 46.0 Å². The monoisotopic (exact) mass is 200 g/mol. The molecule has 0 radical (unpaired) electrons. The largest absolute Gasteiger partial charge is 0.167 e. The molecule has 0 nitrogen and oxygen atoms in total. The first kappa shape index (κ1) is 10.4. The second-order valence-corrected chi connectivity index (χ2v) is 6.07. The Bertz CT molecular complexity index is 42.2. The van der Waals surface area contributed by atoms with Crippen LogP contribution in [-0.2, 0) is 0 Å². The van der Waals surface area contributed by atoms with Gasteiger partial charge in [0.25, 0.3) is 0 Å². The molecule has 9 heavy (non-hydrogen) atoms. The van der Waals surface area contributed by atoms with Gasteiger partial charge in [0.05, 0.1) is 0 Å². The molecule has 0 N–H and O–H groups in total. The second kappa shape index (κ2) is 9.40. The highest BCUT2D eigenvalue weighted by Crippen LogP contribution is 2.26. The molecular weight excluding hydrogens is 188 g/mol. The Morgan fingerprint density at radius 1 is 1.33 bits per heavy atom. The smallest absolute Gasteiger partial charge is 0.0496 e. The molecule has 0 aromatic carbocycles. The molecule has 0 amide bonds. The highest BCUT2D eigenvalue weighted by molar-refractivity contribution is 8.79. The number of hydrogen-bond acceptors (Lipinski definition) is 4. The predicted octanol–water partition coefficient (Wildman–Crippen LogP) is 3.36. The Morgan fingerprint density at radius 2 is 2.11 bits per heavy atom. The molecular formula is C5H12S4. The van der Waals surface area contributed by atoms with Crippen LogP contribution in [0.25, 0.3) is 0 Å². The van der Waals surface area contributed by atoms with E-state index >= 15 is 0 Å². The quantitative estimate of drug-likeness (QED) is 0.302. The SMILES string of the molecule is CCCSCSSCS. The van der Waals surface area contributed by atoms with Gasteiger partial charge in [0, 0.05) is 10.2 Å². The third-order valence-electron chi connectivity index (χ3n) is 0.616. The molecule has 0 atom stereocenters. The zero-order valence-electron chi connectivity index (χ0n) is 5.50. The van der Waals surface area contributed by atoms with E-state index in [1.165, 1.54) is 17.3 Å². The molecule has 0 spiro atoms. The van der Waals surface area contributed by atoms with E-state index in [0.29, 0.717) is 0 Å². The van der Waals surface area contributed by atoms with Gasteiger partial charge in [0.15, 0.2) is 0 Å². The number of hydrogen-bond donors (Lipinski definition) is 1. The zero-order valence-corrected chi connectivity index (χ0v) is 8.84. The Morgan fingerprint density at radius 3 is 2.67 bits per heavy atom. The fraction of sp³-hybridized carbons (Fsp3) is 1.00. The van der Waals surface area contributed by atoms with Crippen LogP contribution in [0.3, 0.4) is 0 Å². The summed E-state index contributed by atoms with van der Waals surface area (Å²) in [6.45, 7) is 2.21. The molecule has 0 heterocycles. The first-order chi connectivity index (χ1) is 4.41. The van der Waals surface area contributed by atoms with Gasteiger partial charge in [-0.2, -0.15) is 24.4 Å². The summed E-state index contributed by atoms with van der Waals surface area (Å²) >= 11 is 6.08. The molecule has 0 aromatic rings. The van der Waals surface area contributed by atoms with Crippen LogP contribution >= 0.6 is 46.0 Å². The maximum absolute atomic E-state index is 4.08. The molecule has 0 unspecified atom stereocenters. The molecule has 0 saturated carbocycles. The molecule has 0 aliphatic rings. The van der Waals surface area contributed by atoms with Crippen LogP contribution in [0.5, 0.6) is 0 Å². The summed E-state index contributed by atoms with van der Waals surface area (Å²) in [5, 5.41) is 2.14. The van der Waals surface area contributed by atoms with Crippen molar-refractivity contribution in [1.82, 2.24) is 0 Å². The van der Waals surface area contributed by atoms with E-state index in [2.05, 4.69) is 19.6 Å². The highest BCUT2D eigenvalue weighted by atomic mass is 33.1. The van der Waals surface area contributed by atoms with Crippen LogP contribution in [0.15, 0.2) is 0 Å². The molecule has 0 rings (SSSR count).